The van der Waals surface area contributed by atoms with Crippen molar-refractivity contribution in [2.24, 2.45) is 0 Å². The maximum absolute atomic E-state index is 4.17. The third-order valence-electron chi connectivity index (χ3n) is 2.74. The number of nitrogens with zero attached hydrogens (tertiary/aromatic N) is 1. The summed E-state index contributed by atoms with van der Waals surface area (Å²) in [5.74, 6) is 0. The molecule has 0 aliphatic heterocycles. The van der Waals surface area contributed by atoms with Gasteiger partial charge in [0.05, 0.1) is 0 Å². The molecule has 16 heavy (non-hydrogen) atoms. The summed E-state index contributed by atoms with van der Waals surface area (Å²) in [6.07, 6.45) is 3.77. The predicted octanol–water partition coefficient (Wildman–Crippen LogP) is 1.56. The van der Waals surface area contributed by atoms with Crippen molar-refractivity contribution >= 4 is 0 Å². The Morgan fingerprint density at radius 2 is 2.00 bits per heavy atom. The van der Waals surface area contributed by atoms with Gasteiger partial charge in [-0.15, -0.1) is 0 Å². The van der Waals surface area contributed by atoms with Gasteiger partial charge in [0, 0.05) is 37.4 Å². The van der Waals surface area contributed by atoms with E-state index in [4.69, 9.17) is 0 Å². The molecule has 0 unspecified atom stereocenters. The maximum Gasteiger partial charge on any atom is 0.0305 e. The molecule has 3 nitrogen and oxygen atoms in total. The quantitative estimate of drug-likeness (QED) is 0.686. The van der Waals surface area contributed by atoms with Crippen LogP contribution in [-0.4, -0.2) is 31.2 Å². The first kappa shape index (κ1) is 13.1. The maximum atomic E-state index is 4.17. The van der Waals surface area contributed by atoms with Crippen molar-refractivity contribution in [2.45, 2.75) is 26.2 Å². The molecule has 0 bridgehead atoms. The van der Waals surface area contributed by atoms with Gasteiger partial charge in [-0.05, 0) is 18.2 Å². The second-order valence-corrected chi connectivity index (χ2v) is 4.66. The van der Waals surface area contributed by atoms with Crippen molar-refractivity contribution in [3.05, 3.63) is 30.1 Å². The minimum absolute atomic E-state index is 0.139. The summed E-state index contributed by atoms with van der Waals surface area (Å²) in [7, 11) is 0. The summed E-state index contributed by atoms with van der Waals surface area (Å²) in [5, 5.41) is 6.77. The fraction of sp³-hybridized carbons (Fsp3) is 0.615. The highest BCUT2D eigenvalue weighted by atomic mass is 14.9. The number of rotatable bonds is 7. The molecule has 0 saturated heterocycles. The Bertz CT molecular complexity index is 282. The van der Waals surface area contributed by atoms with Gasteiger partial charge >= 0.3 is 0 Å². The van der Waals surface area contributed by atoms with Crippen LogP contribution in [-0.2, 0) is 5.41 Å². The summed E-state index contributed by atoms with van der Waals surface area (Å²) in [6, 6.07) is 4.13. The minimum atomic E-state index is 0.139. The Kier molecular flexibility index (Phi) is 5.43. The van der Waals surface area contributed by atoms with E-state index in [2.05, 4.69) is 42.5 Å². The van der Waals surface area contributed by atoms with Crippen LogP contribution in [0, 0.1) is 0 Å². The zero-order chi connectivity index (χ0) is 11.9. The first-order chi connectivity index (χ1) is 7.67. The van der Waals surface area contributed by atoms with Crippen LogP contribution in [0.25, 0.3) is 0 Å². The molecule has 0 amide bonds. The highest BCUT2D eigenvalue weighted by Crippen LogP contribution is 2.20. The average Bonchev–Trinajstić information content (AvgIpc) is 2.30. The Morgan fingerprint density at radius 3 is 2.62 bits per heavy atom. The molecule has 1 aromatic heterocycles. The number of hydrogen-bond acceptors (Lipinski definition) is 3. The standard InChI is InChI=1S/C13H23N3/c1-4-14-8-9-16-11-13(2,3)12-6-5-7-15-10-12/h5-7,10,14,16H,4,8-9,11H2,1-3H3. The third kappa shape index (κ3) is 4.29. The van der Waals surface area contributed by atoms with Crippen molar-refractivity contribution < 1.29 is 0 Å². The molecule has 0 aromatic carbocycles. The monoisotopic (exact) mass is 221 g/mol. The average molecular weight is 221 g/mol. The lowest BCUT2D eigenvalue weighted by Crippen LogP contribution is -2.36. The summed E-state index contributed by atoms with van der Waals surface area (Å²) in [6.45, 7) is 10.7. The fourth-order valence-corrected chi connectivity index (χ4v) is 1.62. The largest absolute Gasteiger partial charge is 0.316 e. The summed E-state index contributed by atoms with van der Waals surface area (Å²) >= 11 is 0. The van der Waals surface area contributed by atoms with Gasteiger partial charge in [0.2, 0.25) is 0 Å². The molecule has 90 valence electrons. The Balaban J connectivity index is 2.35. The topological polar surface area (TPSA) is 37.0 Å². The molecule has 1 heterocycles. The van der Waals surface area contributed by atoms with Gasteiger partial charge in [0.15, 0.2) is 0 Å². The van der Waals surface area contributed by atoms with Gasteiger partial charge in [0.25, 0.3) is 0 Å². The van der Waals surface area contributed by atoms with Crippen LogP contribution < -0.4 is 10.6 Å². The minimum Gasteiger partial charge on any atom is -0.316 e. The predicted molar refractivity (Wildman–Crippen MR) is 68.7 cm³/mol. The van der Waals surface area contributed by atoms with Crippen LogP contribution in [0.3, 0.4) is 0 Å². The molecule has 0 saturated carbocycles. The van der Waals surface area contributed by atoms with Gasteiger partial charge in [0.1, 0.15) is 0 Å². The number of aromatic nitrogens is 1. The van der Waals surface area contributed by atoms with E-state index in [-0.39, 0.29) is 5.41 Å². The first-order valence-electron chi connectivity index (χ1n) is 5.99. The second kappa shape index (κ2) is 6.61. The fourth-order valence-electron chi connectivity index (χ4n) is 1.62. The Morgan fingerprint density at radius 1 is 1.25 bits per heavy atom. The molecule has 0 fully saturated rings. The van der Waals surface area contributed by atoms with Crippen LogP contribution in [0.5, 0.6) is 0 Å². The van der Waals surface area contributed by atoms with Gasteiger partial charge in [-0.3, -0.25) is 4.98 Å². The van der Waals surface area contributed by atoms with Crippen molar-refractivity contribution in [3.8, 4) is 0 Å². The number of likely N-dealkylation sites (N-methyl/N-ethyl adjacent to an activating group) is 1. The molecule has 1 aromatic rings. The lowest BCUT2D eigenvalue weighted by Gasteiger charge is -2.25. The lowest BCUT2D eigenvalue weighted by molar-refractivity contribution is 0.465. The van der Waals surface area contributed by atoms with Crippen LogP contribution in [0.4, 0.5) is 0 Å². The lowest BCUT2D eigenvalue weighted by atomic mass is 9.86. The smallest absolute Gasteiger partial charge is 0.0305 e. The molecular weight excluding hydrogens is 198 g/mol. The van der Waals surface area contributed by atoms with E-state index in [0.29, 0.717) is 0 Å². The Hall–Kier alpha value is -0.930. The van der Waals surface area contributed by atoms with Gasteiger partial charge < -0.3 is 10.6 Å². The summed E-state index contributed by atoms with van der Waals surface area (Å²) in [4.78, 5) is 4.17. The molecule has 2 N–H and O–H groups in total. The molecule has 0 radical (unpaired) electrons. The van der Waals surface area contributed by atoms with E-state index in [0.717, 1.165) is 26.2 Å². The summed E-state index contributed by atoms with van der Waals surface area (Å²) < 4.78 is 0. The van der Waals surface area contributed by atoms with E-state index in [1.54, 1.807) is 0 Å². The summed E-state index contributed by atoms with van der Waals surface area (Å²) in [5.41, 5.74) is 1.42. The Labute approximate surface area is 98.7 Å². The van der Waals surface area contributed by atoms with Gasteiger partial charge in [-0.1, -0.05) is 26.8 Å². The molecule has 0 spiro atoms. The van der Waals surface area contributed by atoms with E-state index in [1.165, 1.54) is 5.56 Å². The molecule has 1 rings (SSSR count). The van der Waals surface area contributed by atoms with E-state index < -0.39 is 0 Å². The van der Waals surface area contributed by atoms with Crippen LogP contribution in [0.15, 0.2) is 24.5 Å². The normalized spacial score (nSPS) is 11.7. The zero-order valence-electron chi connectivity index (χ0n) is 10.6. The van der Waals surface area contributed by atoms with E-state index >= 15 is 0 Å². The molecule has 0 atom stereocenters. The van der Waals surface area contributed by atoms with E-state index in [1.807, 2.05) is 18.5 Å². The zero-order valence-corrected chi connectivity index (χ0v) is 10.6. The molecule has 0 aliphatic carbocycles. The van der Waals surface area contributed by atoms with Crippen molar-refractivity contribution in [3.63, 3.8) is 0 Å². The molecule has 0 aliphatic rings. The number of nitrogens with one attached hydrogen (secondary N) is 2. The van der Waals surface area contributed by atoms with Crippen molar-refractivity contribution in [1.29, 1.82) is 0 Å². The highest BCUT2D eigenvalue weighted by molar-refractivity contribution is 5.19. The molecule has 3 heteroatoms. The SMILES string of the molecule is CCNCCNCC(C)(C)c1cccnc1. The van der Waals surface area contributed by atoms with E-state index in [9.17, 15) is 0 Å². The molecular formula is C13H23N3. The van der Waals surface area contributed by atoms with Gasteiger partial charge in [-0.2, -0.15) is 0 Å². The number of pyridine rings is 1. The van der Waals surface area contributed by atoms with Crippen molar-refractivity contribution in [1.82, 2.24) is 15.6 Å². The van der Waals surface area contributed by atoms with Crippen LogP contribution >= 0.6 is 0 Å². The van der Waals surface area contributed by atoms with Gasteiger partial charge in [-0.25, -0.2) is 0 Å². The first-order valence-corrected chi connectivity index (χ1v) is 5.99. The van der Waals surface area contributed by atoms with Crippen LogP contribution in [0.2, 0.25) is 0 Å². The van der Waals surface area contributed by atoms with Crippen LogP contribution in [0.1, 0.15) is 26.3 Å². The second-order valence-electron chi connectivity index (χ2n) is 4.66. The highest BCUT2D eigenvalue weighted by Gasteiger charge is 2.19. The number of hydrogen-bond donors (Lipinski definition) is 2. The van der Waals surface area contributed by atoms with Crippen molar-refractivity contribution in [2.75, 3.05) is 26.2 Å². The third-order valence-corrected chi connectivity index (χ3v) is 2.74.